The molecule has 0 radical (unpaired) electrons. The Labute approximate surface area is 85.7 Å². The molecule has 1 heterocycles. The normalized spacial score (nSPS) is 24.0. The molecule has 1 atom stereocenters. The van der Waals surface area contributed by atoms with Crippen molar-refractivity contribution in [2.24, 2.45) is 0 Å². The minimum Gasteiger partial charge on any atom is -0.314 e. The number of hydrogen-bond donors (Lipinski definition) is 1. The fourth-order valence-corrected chi connectivity index (χ4v) is 1.31. The first kappa shape index (κ1) is 14.9. The minimum atomic E-state index is -0.198. The van der Waals surface area contributed by atoms with Gasteiger partial charge in [0, 0.05) is 25.7 Å². The number of hydrogen-bond acceptors (Lipinski definition) is 2. The van der Waals surface area contributed by atoms with Gasteiger partial charge in [-0.05, 0) is 13.5 Å². The Morgan fingerprint density at radius 2 is 2.17 bits per heavy atom. The molecule has 1 unspecified atom stereocenters. The summed E-state index contributed by atoms with van der Waals surface area (Å²) in [5.74, 6) is 0. The lowest BCUT2D eigenvalue weighted by molar-refractivity contribution is 0.180. The van der Waals surface area contributed by atoms with Gasteiger partial charge >= 0.3 is 0 Å². The van der Waals surface area contributed by atoms with E-state index >= 15 is 0 Å². The maximum absolute atomic E-state index is 11.9. The quantitative estimate of drug-likeness (QED) is 0.748. The molecule has 1 aliphatic heterocycles. The second-order valence-electron chi connectivity index (χ2n) is 2.82. The summed E-state index contributed by atoms with van der Waals surface area (Å²) in [4.78, 5) is 2.22. The fraction of sp³-hybridized carbons (Fsp3) is 1.00. The minimum absolute atomic E-state index is 0. The molecular formula is C7H17Cl2FN2. The number of piperazine rings is 1. The van der Waals surface area contributed by atoms with Gasteiger partial charge in [0.25, 0.3) is 0 Å². The SMILES string of the molecule is CN1CCNCC1CCF.Cl.Cl. The number of halogens is 3. The number of rotatable bonds is 2. The average Bonchev–Trinajstić information content (AvgIpc) is 1.94. The van der Waals surface area contributed by atoms with Crippen LogP contribution in [-0.2, 0) is 0 Å². The zero-order valence-electron chi connectivity index (χ0n) is 7.25. The predicted molar refractivity (Wildman–Crippen MR) is 54.4 cm³/mol. The van der Waals surface area contributed by atoms with Crippen LogP contribution in [0.15, 0.2) is 0 Å². The summed E-state index contributed by atoms with van der Waals surface area (Å²) < 4.78 is 11.9. The standard InChI is InChI=1S/C7H15FN2.2ClH/c1-10-5-4-9-6-7(10)2-3-8;;/h7,9H,2-6H2,1H3;2*1H. The number of nitrogens with one attached hydrogen (secondary N) is 1. The van der Waals surface area contributed by atoms with Gasteiger partial charge < -0.3 is 10.2 Å². The van der Waals surface area contributed by atoms with E-state index in [1.54, 1.807) is 0 Å². The summed E-state index contributed by atoms with van der Waals surface area (Å²) >= 11 is 0. The van der Waals surface area contributed by atoms with Crippen LogP contribution in [-0.4, -0.2) is 44.3 Å². The van der Waals surface area contributed by atoms with Crippen LogP contribution < -0.4 is 5.32 Å². The third kappa shape index (κ3) is 4.45. The summed E-state index contributed by atoms with van der Waals surface area (Å²) in [7, 11) is 2.06. The van der Waals surface area contributed by atoms with Gasteiger partial charge in [-0.15, -0.1) is 24.8 Å². The lowest BCUT2D eigenvalue weighted by atomic mass is 10.1. The Morgan fingerprint density at radius 3 is 2.67 bits per heavy atom. The molecule has 0 amide bonds. The van der Waals surface area contributed by atoms with E-state index in [4.69, 9.17) is 0 Å². The average molecular weight is 219 g/mol. The van der Waals surface area contributed by atoms with Crippen molar-refractivity contribution in [1.82, 2.24) is 10.2 Å². The van der Waals surface area contributed by atoms with Crippen molar-refractivity contribution < 1.29 is 4.39 Å². The molecule has 0 bridgehead atoms. The van der Waals surface area contributed by atoms with Gasteiger partial charge in [-0.3, -0.25) is 4.39 Å². The first-order valence-electron chi connectivity index (χ1n) is 3.81. The molecule has 0 spiro atoms. The second-order valence-corrected chi connectivity index (χ2v) is 2.82. The Morgan fingerprint density at radius 1 is 1.50 bits per heavy atom. The van der Waals surface area contributed by atoms with Crippen LogP contribution in [0.3, 0.4) is 0 Å². The molecule has 76 valence electrons. The van der Waals surface area contributed by atoms with Crippen molar-refractivity contribution >= 4 is 24.8 Å². The highest BCUT2D eigenvalue weighted by molar-refractivity contribution is 5.85. The zero-order chi connectivity index (χ0) is 7.40. The van der Waals surface area contributed by atoms with Crippen molar-refractivity contribution in [3.8, 4) is 0 Å². The van der Waals surface area contributed by atoms with Crippen LogP contribution in [0.1, 0.15) is 6.42 Å². The largest absolute Gasteiger partial charge is 0.314 e. The predicted octanol–water partition coefficient (Wildman–Crippen LogP) is 1.09. The molecule has 0 aromatic heterocycles. The first-order valence-corrected chi connectivity index (χ1v) is 3.81. The molecule has 1 fully saturated rings. The van der Waals surface area contributed by atoms with Gasteiger partial charge in [0.05, 0.1) is 6.67 Å². The van der Waals surface area contributed by atoms with Gasteiger partial charge in [0.2, 0.25) is 0 Å². The maximum atomic E-state index is 11.9. The summed E-state index contributed by atoms with van der Waals surface area (Å²) in [5, 5.41) is 3.24. The van der Waals surface area contributed by atoms with Crippen molar-refractivity contribution in [3.63, 3.8) is 0 Å². The van der Waals surface area contributed by atoms with Crippen LogP contribution in [0.2, 0.25) is 0 Å². The number of likely N-dealkylation sites (N-methyl/N-ethyl adjacent to an activating group) is 1. The van der Waals surface area contributed by atoms with Crippen LogP contribution >= 0.6 is 24.8 Å². The van der Waals surface area contributed by atoms with Crippen LogP contribution in [0, 0.1) is 0 Å². The van der Waals surface area contributed by atoms with E-state index in [-0.39, 0.29) is 31.5 Å². The van der Waals surface area contributed by atoms with Gasteiger partial charge in [0.15, 0.2) is 0 Å². The monoisotopic (exact) mass is 218 g/mol. The smallest absolute Gasteiger partial charge is 0.0909 e. The van der Waals surface area contributed by atoms with E-state index in [2.05, 4.69) is 17.3 Å². The van der Waals surface area contributed by atoms with Crippen molar-refractivity contribution in [2.75, 3.05) is 33.4 Å². The third-order valence-corrected chi connectivity index (χ3v) is 2.09. The molecule has 1 N–H and O–H groups in total. The highest BCUT2D eigenvalue weighted by Crippen LogP contribution is 2.03. The fourth-order valence-electron chi connectivity index (χ4n) is 1.31. The maximum Gasteiger partial charge on any atom is 0.0909 e. The Kier molecular flexibility index (Phi) is 10.0. The number of alkyl halides is 1. The van der Waals surface area contributed by atoms with Gasteiger partial charge in [-0.25, -0.2) is 0 Å². The van der Waals surface area contributed by atoms with Gasteiger partial charge in [-0.2, -0.15) is 0 Å². The molecule has 1 aliphatic rings. The Bertz CT molecular complexity index is 103. The molecular weight excluding hydrogens is 202 g/mol. The molecule has 12 heavy (non-hydrogen) atoms. The summed E-state index contributed by atoms with van der Waals surface area (Å²) in [6.07, 6.45) is 0.670. The summed E-state index contributed by atoms with van der Waals surface area (Å²) in [6.45, 7) is 2.83. The lowest BCUT2D eigenvalue weighted by Crippen LogP contribution is -2.49. The van der Waals surface area contributed by atoms with E-state index in [1.165, 1.54) is 0 Å². The Hall–Kier alpha value is 0.430. The van der Waals surface area contributed by atoms with E-state index in [1.807, 2.05) is 0 Å². The molecule has 1 saturated heterocycles. The molecule has 0 aliphatic carbocycles. The molecule has 0 saturated carbocycles. The molecule has 0 aromatic carbocycles. The highest BCUT2D eigenvalue weighted by atomic mass is 35.5. The van der Waals surface area contributed by atoms with Crippen LogP contribution in [0.25, 0.3) is 0 Å². The molecule has 2 nitrogen and oxygen atoms in total. The van der Waals surface area contributed by atoms with E-state index < -0.39 is 0 Å². The van der Waals surface area contributed by atoms with E-state index in [0.717, 1.165) is 19.6 Å². The van der Waals surface area contributed by atoms with E-state index in [9.17, 15) is 4.39 Å². The first-order chi connectivity index (χ1) is 4.84. The zero-order valence-corrected chi connectivity index (χ0v) is 8.89. The topological polar surface area (TPSA) is 15.3 Å². The highest BCUT2D eigenvalue weighted by Gasteiger charge is 2.17. The Balaban J connectivity index is 0. The summed E-state index contributed by atoms with van der Waals surface area (Å²) in [6, 6.07) is 0.416. The number of nitrogens with zero attached hydrogens (tertiary/aromatic N) is 1. The van der Waals surface area contributed by atoms with E-state index in [0.29, 0.717) is 12.5 Å². The van der Waals surface area contributed by atoms with Crippen molar-refractivity contribution in [1.29, 1.82) is 0 Å². The van der Waals surface area contributed by atoms with Crippen LogP contribution in [0.4, 0.5) is 4.39 Å². The van der Waals surface area contributed by atoms with Crippen molar-refractivity contribution in [3.05, 3.63) is 0 Å². The third-order valence-electron chi connectivity index (χ3n) is 2.09. The van der Waals surface area contributed by atoms with Crippen LogP contribution in [0.5, 0.6) is 0 Å². The molecule has 5 heteroatoms. The van der Waals surface area contributed by atoms with Gasteiger partial charge in [0.1, 0.15) is 0 Å². The van der Waals surface area contributed by atoms with Crippen molar-refractivity contribution in [2.45, 2.75) is 12.5 Å². The molecule has 1 rings (SSSR count). The van der Waals surface area contributed by atoms with Gasteiger partial charge in [-0.1, -0.05) is 0 Å². The lowest BCUT2D eigenvalue weighted by Gasteiger charge is -2.32. The second kappa shape index (κ2) is 8.05. The summed E-state index contributed by atoms with van der Waals surface area (Å²) in [5.41, 5.74) is 0. The molecule has 0 aromatic rings.